The van der Waals surface area contributed by atoms with Crippen molar-refractivity contribution in [1.29, 1.82) is 0 Å². The molecule has 0 unspecified atom stereocenters. The minimum atomic E-state index is -4.33. The Labute approximate surface area is 115 Å². The van der Waals surface area contributed by atoms with Gasteiger partial charge in [-0.05, 0) is 46.9 Å². The zero-order valence-corrected chi connectivity index (χ0v) is 10.7. The Morgan fingerprint density at radius 3 is 2.50 bits per heavy atom. The van der Waals surface area contributed by atoms with E-state index in [4.69, 9.17) is 0 Å². The third-order valence-electron chi connectivity index (χ3n) is 3.55. The van der Waals surface area contributed by atoms with Gasteiger partial charge in [0.25, 0.3) is 0 Å². The van der Waals surface area contributed by atoms with Crippen LogP contribution in [-0.4, -0.2) is 0 Å². The van der Waals surface area contributed by atoms with E-state index in [1.165, 1.54) is 12.1 Å². The maximum absolute atomic E-state index is 13.2. The zero-order valence-electron chi connectivity index (χ0n) is 10.7. The van der Waals surface area contributed by atoms with Crippen molar-refractivity contribution in [2.24, 2.45) is 0 Å². The first kappa shape index (κ1) is 13.0. The Bertz CT molecular complexity index is 706. The lowest BCUT2D eigenvalue weighted by Gasteiger charge is -2.15. The van der Waals surface area contributed by atoms with Gasteiger partial charge in [0.2, 0.25) is 0 Å². The van der Waals surface area contributed by atoms with Gasteiger partial charge in [0.05, 0.1) is 5.56 Å². The number of allylic oxidation sites excluding steroid dienone is 4. The minimum absolute atomic E-state index is 0.260. The molecule has 2 aromatic carbocycles. The van der Waals surface area contributed by atoms with Crippen LogP contribution in [0.3, 0.4) is 0 Å². The summed E-state index contributed by atoms with van der Waals surface area (Å²) in [6.45, 7) is 0. The van der Waals surface area contributed by atoms with E-state index in [-0.39, 0.29) is 5.39 Å². The first-order valence-corrected chi connectivity index (χ1v) is 6.52. The van der Waals surface area contributed by atoms with Crippen LogP contribution in [0.4, 0.5) is 13.2 Å². The topological polar surface area (TPSA) is 0 Å². The maximum atomic E-state index is 13.2. The fraction of sp³-hybridized carbons (Fsp3) is 0.176. The van der Waals surface area contributed by atoms with Gasteiger partial charge in [0, 0.05) is 0 Å². The van der Waals surface area contributed by atoms with E-state index < -0.39 is 11.7 Å². The Morgan fingerprint density at radius 2 is 1.80 bits per heavy atom. The highest BCUT2D eigenvalue weighted by molar-refractivity contribution is 5.90. The summed E-state index contributed by atoms with van der Waals surface area (Å²) < 4.78 is 39.7. The molecule has 0 heterocycles. The predicted molar refractivity (Wildman–Crippen MR) is 75.3 cm³/mol. The fourth-order valence-corrected chi connectivity index (χ4v) is 2.57. The molecule has 102 valence electrons. The maximum Gasteiger partial charge on any atom is 0.417 e. The Hall–Kier alpha value is -2.03. The second-order valence-electron chi connectivity index (χ2n) is 4.90. The number of alkyl halides is 3. The normalized spacial score (nSPS) is 15.4. The number of hydrogen-bond donors (Lipinski definition) is 0. The van der Waals surface area contributed by atoms with Gasteiger partial charge in [-0.1, -0.05) is 42.5 Å². The van der Waals surface area contributed by atoms with Gasteiger partial charge >= 0.3 is 6.18 Å². The van der Waals surface area contributed by atoms with Crippen LogP contribution >= 0.6 is 0 Å². The molecule has 0 saturated heterocycles. The average molecular weight is 274 g/mol. The van der Waals surface area contributed by atoms with Gasteiger partial charge in [-0.25, -0.2) is 0 Å². The highest BCUT2D eigenvalue weighted by atomic mass is 19.4. The molecule has 0 atom stereocenters. The van der Waals surface area contributed by atoms with Gasteiger partial charge in [-0.3, -0.25) is 0 Å². The molecule has 3 heteroatoms. The highest BCUT2D eigenvalue weighted by Crippen LogP contribution is 2.38. The Kier molecular flexibility index (Phi) is 3.13. The fourth-order valence-electron chi connectivity index (χ4n) is 2.57. The molecule has 0 bridgehead atoms. The number of halogens is 3. The van der Waals surface area contributed by atoms with Crippen molar-refractivity contribution < 1.29 is 13.2 Å². The quantitative estimate of drug-likeness (QED) is 0.635. The molecule has 20 heavy (non-hydrogen) atoms. The molecule has 0 saturated carbocycles. The van der Waals surface area contributed by atoms with Crippen LogP contribution in [0.2, 0.25) is 0 Å². The molecule has 1 aliphatic carbocycles. The van der Waals surface area contributed by atoms with Crippen molar-refractivity contribution in [2.75, 3.05) is 0 Å². The van der Waals surface area contributed by atoms with Crippen molar-refractivity contribution >= 4 is 16.3 Å². The highest BCUT2D eigenvalue weighted by Gasteiger charge is 2.33. The number of fused-ring (bicyclic) bond motifs is 1. The van der Waals surface area contributed by atoms with Crippen molar-refractivity contribution in [3.63, 3.8) is 0 Å². The lowest BCUT2D eigenvalue weighted by Crippen LogP contribution is -2.07. The van der Waals surface area contributed by atoms with Crippen molar-refractivity contribution in [1.82, 2.24) is 0 Å². The summed E-state index contributed by atoms with van der Waals surface area (Å²) in [4.78, 5) is 0. The standard InChI is InChI=1S/C17H13F3/c18-17(19,20)16-11-14(12-6-2-1-3-7-12)10-13-8-4-5-9-15(13)16/h1-2,4-6,8-11H,3,7H2. The largest absolute Gasteiger partial charge is 0.417 e. The van der Waals surface area contributed by atoms with E-state index in [0.29, 0.717) is 10.9 Å². The van der Waals surface area contributed by atoms with E-state index in [0.717, 1.165) is 18.4 Å². The second kappa shape index (κ2) is 4.82. The smallest absolute Gasteiger partial charge is 0.166 e. The number of benzene rings is 2. The van der Waals surface area contributed by atoms with Crippen LogP contribution in [0.15, 0.2) is 54.6 Å². The third-order valence-corrected chi connectivity index (χ3v) is 3.55. The molecule has 0 aliphatic heterocycles. The zero-order chi connectivity index (χ0) is 14.2. The van der Waals surface area contributed by atoms with Crippen molar-refractivity contribution in [3.8, 4) is 0 Å². The molecular weight excluding hydrogens is 261 g/mol. The lowest BCUT2D eigenvalue weighted by atomic mass is 9.92. The monoisotopic (exact) mass is 274 g/mol. The minimum Gasteiger partial charge on any atom is -0.166 e. The summed E-state index contributed by atoms with van der Waals surface area (Å²) in [7, 11) is 0. The van der Waals surface area contributed by atoms with E-state index in [2.05, 4.69) is 0 Å². The lowest BCUT2D eigenvalue weighted by molar-refractivity contribution is -0.136. The van der Waals surface area contributed by atoms with Crippen molar-refractivity contribution in [2.45, 2.75) is 19.0 Å². The molecule has 0 radical (unpaired) electrons. The molecule has 0 nitrogen and oxygen atoms in total. The summed E-state index contributed by atoms with van der Waals surface area (Å²) in [5, 5.41) is 0.892. The van der Waals surface area contributed by atoms with Crippen LogP contribution in [0.25, 0.3) is 16.3 Å². The van der Waals surface area contributed by atoms with Gasteiger partial charge in [0.15, 0.2) is 0 Å². The molecule has 0 N–H and O–H groups in total. The summed E-state index contributed by atoms with van der Waals surface area (Å²) in [6.07, 6.45) is 3.15. The van der Waals surface area contributed by atoms with E-state index >= 15 is 0 Å². The second-order valence-corrected chi connectivity index (χ2v) is 4.90. The molecule has 2 aromatic rings. The van der Waals surface area contributed by atoms with E-state index in [1.54, 1.807) is 18.2 Å². The van der Waals surface area contributed by atoms with Gasteiger partial charge < -0.3 is 0 Å². The van der Waals surface area contributed by atoms with Gasteiger partial charge in [-0.2, -0.15) is 13.2 Å². The summed E-state index contributed by atoms with van der Waals surface area (Å²) in [6, 6.07) is 9.77. The predicted octanol–water partition coefficient (Wildman–Crippen LogP) is 5.59. The van der Waals surface area contributed by atoms with Gasteiger partial charge in [0.1, 0.15) is 0 Å². The van der Waals surface area contributed by atoms with Crippen LogP contribution in [0.1, 0.15) is 24.0 Å². The summed E-state index contributed by atoms with van der Waals surface area (Å²) >= 11 is 0. The average Bonchev–Trinajstić information content (AvgIpc) is 2.46. The Balaban J connectivity index is 2.25. The van der Waals surface area contributed by atoms with Crippen LogP contribution in [-0.2, 0) is 6.18 Å². The molecular formula is C17H13F3. The van der Waals surface area contributed by atoms with Crippen LogP contribution in [0.5, 0.6) is 0 Å². The molecule has 1 aliphatic rings. The summed E-state index contributed by atoms with van der Waals surface area (Å²) in [5.74, 6) is 0. The van der Waals surface area contributed by atoms with Crippen molar-refractivity contribution in [3.05, 3.63) is 65.8 Å². The number of rotatable bonds is 1. The van der Waals surface area contributed by atoms with Gasteiger partial charge in [-0.15, -0.1) is 0 Å². The SMILES string of the molecule is FC(F)(F)c1cc(C2=CC=CCC2)cc2ccccc12. The third kappa shape index (κ3) is 2.36. The number of hydrogen-bond acceptors (Lipinski definition) is 0. The molecule has 0 amide bonds. The first-order valence-electron chi connectivity index (χ1n) is 6.52. The van der Waals surface area contributed by atoms with Crippen LogP contribution < -0.4 is 0 Å². The van der Waals surface area contributed by atoms with Crippen LogP contribution in [0, 0.1) is 0 Å². The summed E-state index contributed by atoms with van der Waals surface area (Å²) in [5.41, 5.74) is 1.07. The molecule has 0 aromatic heterocycles. The molecule has 0 fully saturated rings. The van der Waals surface area contributed by atoms with E-state index in [1.807, 2.05) is 24.3 Å². The van der Waals surface area contributed by atoms with E-state index in [9.17, 15) is 13.2 Å². The molecule has 3 rings (SSSR count). The first-order chi connectivity index (χ1) is 9.55. The Morgan fingerprint density at radius 1 is 1.00 bits per heavy atom. The molecule has 0 spiro atoms.